The standard InChI is InChI=1S/C17H19BrN2O/c1-2-19-16(10-15-5-4-14(18)11-20-15)12-3-6-17-13(9-12)7-8-21-17/h3-6,9,11,16,19H,2,7-8,10H2,1H3. The van der Waals surface area contributed by atoms with Gasteiger partial charge in [-0.1, -0.05) is 19.1 Å². The van der Waals surface area contributed by atoms with Crippen LogP contribution in [0.25, 0.3) is 0 Å². The quantitative estimate of drug-likeness (QED) is 0.896. The highest BCUT2D eigenvalue weighted by molar-refractivity contribution is 9.10. The second-order valence-electron chi connectivity index (χ2n) is 5.25. The van der Waals surface area contributed by atoms with E-state index in [-0.39, 0.29) is 6.04 Å². The van der Waals surface area contributed by atoms with Gasteiger partial charge in [0.2, 0.25) is 0 Å². The molecule has 0 fully saturated rings. The average Bonchev–Trinajstić information content (AvgIpc) is 2.96. The van der Waals surface area contributed by atoms with Crippen LogP contribution >= 0.6 is 15.9 Å². The minimum Gasteiger partial charge on any atom is -0.493 e. The number of nitrogens with zero attached hydrogens (tertiary/aromatic N) is 1. The number of rotatable bonds is 5. The summed E-state index contributed by atoms with van der Waals surface area (Å²) < 4.78 is 6.60. The number of hydrogen-bond acceptors (Lipinski definition) is 3. The van der Waals surface area contributed by atoms with Crippen LogP contribution in [-0.4, -0.2) is 18.1 Å². The number of nitrogens with one attached hydrogen (secondary N) is 1. The Hall–Kier alpha value is -1.39. The molecule has 1 aliphatic rings. The predicted molar refractivity (Wildman–Crippen MR) is 87.7 cm³/mol. The maximum atomic E-state index is 5.59. The first-order valence-corrected chi connectivity index (χ1v) is 8.15. The van der Waals surface area contributed by atoms with E-state index in [1.807, 2.05) is 12.3 Å². The van der Waals surface area contributed by atoms with Crippen LogP contribution in [0.15, 0.2) is 41.0 Å². The summed E-state index contributed by atoms with van der Waals surface area (Å²) in [4.78, 5) is 4.49. The number of benzene rings is 1. The molecule has 3 rings (SSSR count). The third-order valence-corrected chi connectivity index (χ3v) is 4.24. The molecule has 1 aromatic carbocycles. The molecule has 2 heterocycles. The molecule has 1 aromatic heterocycles. The van der Waals surface area contributed by atoms with Gasteiger partial charge in [0, 0.05) is 35.2 Å². The highest BCUT2D eigenvalue weighted by Crippen LogP contribution is 2.29. The molecule has 0 radical (unpaired) electrons. The number of ether oxygens (including phenoxy) is 1. The van der Waals surface area contributed by atoms with Crippen molar-refractivity contribution >= 4 is 15.9 Å². The van der Waals surface area contributed by atoms with Crippen LogP contribution in [0, 0.1) is 0 Å². The highest BCUT2D eigenvalue weighted by Gasteiger charge is 2.17. The van der Waals surface area contributed by atoms with Crippen LogP contribution in [-0.2, 0) is 12.8 Å². The van der Waals surface area contributed by atoms with Crippen molar-refractivity contribution in [3.05, 3.63) is 57.8 Å². The first kappa shape index (κ1) is 14.5. The van der Waals surface area contributed by atoms with Gasteiger partial charge in [0.25, 0.3) is 0 Å². The Labute approximate surface area is 133 Å². The monoisotopic (exact) mass is 346 g/mol. The number of likely N-dealkylation sites (N-methyl/N-ethyl adjacent to an activating group) is 1. The molecule has 1 atom stereocenters. The Morgan fingerprint density at radius 1 is 1.33 bits per heavy atom. The molecule has 0 spiro atoms. The minimum absolute atomic E-state index is 0.287. The highest BCUT2D eigenvalue weighted by atomic mass is 79.9. The molecule has 2 aromatic rings. The zero-order chi connectivity index (χ0) is 14.7. The average molecular weight is 347 g/mol. The molecule has 0 saturated heterocycles. The first-order valence-electron chi connectivity index (χ1n) is 7.35. The third-order valence-electron chi connectivity index (χ3n) is 3.77. The van der Waals surface area contributed by atoms with Gasteiger partial charge in [-0.05, 0) is 51.8 Å². The van der Waals surface area contributed by atoms with E-state index in [9.17, 15) is 0 Å². The van der Waals surface area contributed by atoms with Crippen LogP contribution in [0.1, 0.15) is 29.8 Å². The first-order chi connectivity index (χ1) is 10.3. The van der Waals surface area contributed by atoms with Crippen LogP contribution < -0.4 is 10.1 Å². The van der Waals surface area contributed by atoms with Gasteiger partial charge in [-0.15, -0.1) is 0 Å². The van der Waals surface area contributed by atoms with Gasteiger partial charge in [-0.2, -0.15) is 0 Å². The summed E-state index contributed by atoms with van der Waals surface area (Å²) in [6.45, 7) is 3.88. The van der Waals surface area contributed by atoms with E-state index in [0.717, 1.165) is 41.9 Å². The van der Waals surface area contributed by atoms with Gasteiger partial charge >= 0.3 is 0 Å². The Morgan fingerprint density at radius 2 is 2.24 bits per heavy atom. The minimum atomic E-state index is 0.287. The second-order valence-corrected chi connectivity index (χ2v) is 6.16. The fraction of sp³-hybridized carbons (Fsp3) is 0.353. The van der Waals surface area contributed by atoms with E-state index in [2.05, 4.69) is 57.4 Å². The number of hydrogen-bond donors (Lipinski definition) is 1. The van der Waals surface area contributed by atoms with Crippen LogP contribution in [0.2, 0.25) is 0 Å². The molecule has 0 bridgehead atoms. The van der Waals surface area contributed by atoms with E-state index in [4.69, 9.17) is 4.74 Å². The zero-order valence-electron chi connectivity index (χ0n) is 12.1. The molecular weight excluding hydrogens is 328 g/mol. The van der Waals surface area contributed by atoms with Gasteiger partial charge in [0.15, 0.2) is 0 Å². The van der Waals surface area contributed by atoms with Crippen molar-refractivity contribution in [1.82, 2.24) is 10.3 Å². The maximum Gasteiger partial charge on any atom is 0.122 e. The smallest absolute Gasteiger partial charge is 0.122 e. The lowest BCUT2D eigenvalue weighted by Crippen LogP contribution is -2.23. The Kier molecular flexibility index (Phi) is 4.56. The molecule has 1 aliphatic heterocycles. The number of pyridine rings is 1. The van der Waals surface area contributed by atoms with Gasteiger partial charge in [0.1, 0.15) is 5.75 Å². The van der Waals surface area contributed by atoms with Crippen molar-refractivity contribution in [2.45, 2.75) is 25.8 Å². The Bertz CT molecular complexity index is 613. The lowest BCUT2D eigenvalue weighted by atomic mass is 9.98. The molecule has 0 aliphatic carbocycles. The molecule has 4 heteroatoms. The molecule has 1 unspecified atom stereocenters. The molecule has 110 valence electrons. The van der Waals surface area contributed by atoms with Crippen molar-refractivity contribution in [2.24, 2.45) is 0 Å². The van der Waals surface area contributed by atoms with Gasteiger partial charge in [-0.3, -0.25) is 4.98 Å². The Morgan fingerprint density at radius 3 is 3.00 bits per heavy atom. The molecule has 1 N–H and O–H groups in total. The molecule has 3 nitrogen and oxygen atoms in total. The molecule has 0 saturated carbocycles. The fourth-order valence-electron chi connectivity index (χ4n) is 2.71. The van der Waals surface area contributed by atoms with Gasteiger partial charge < -0.3 is 10.1 Å². The molecule has 0 amide bonds. The summed E-state index contributed by atoms with van der Waals surface area (Å²) in [5.74, 6) is 1.04. The van der Waals surface area contributed by atoms with Gasteiger partial charge in [0.05, 0.1) is 6.61 Å². The lowest BCUT2D eigenvalue weighted by molar-refractivity contribution is 0.356. The third kappa shape index (κ3) is 3.44. The number of halogens is 1. The zero-order valence-corrected chi connectivity index (χ0v) is 13.7. The Balaban J connectivity index is 1.82. The van der Waals surface area contributed by atoms with Crippen molar-refractivity contribution in [1.29, 1.82) is 0 Å². The van der Waals surface area contributed by atoms with E-state index < -0.39 is 0 Å². The van der Waals surface area contributed by atoms with Crippen LogP contribution in [0.5, 0.6) is 5.75 Å². The predicted octanol–water partition coefficient (Wildman–Crippen LogP) is 3.67. The van der Waals surface area contributed by atoms with Crippen molar-refractivity contribution < 1.29 is 4.74 Å². The number of aromatic nitrogens is 1. The van der Waals surface area contributed by atoms with Crippen LogP contribution in [0.4, 0.5) is 0 Å². The summed E-state index contributed by atoms with van der Waals surface area (Å²) in [5, 5.41) is 3.56. The topological polar surface area (TPSA) is 34.2 Å². The van der Waals surface area contributed by atoms with Crippen molar-refractivity contribution in [3.63, 3.8) is 0 Å². The van der Waals surface area contributed by atoms with Gasteiger partial charge in [-0.25, -0.2) is 0 Å². The molecule has 21 heavy (non-hydrogen) atoms. The summed E-state index contributed by atoms with van der Waals surface area (Å²) in [5.41, 5.74) is 3.73. The van der Waals surface area contributed by atoms with Crippen LogP contribution in [0.3, 0.4) is 0 Å². The van der Waals surface area contributed by atoms with E-state index >= 15 is 0 Å². The summed E-state index contributed by atoms with van der Waals surface area (Å²) >= 11 is 3.43. The number of fused-ring (bicyclic) bond motifs is 1. The summed E-state index contributed by atoms with van der Waals surface area (Å²) in [7, 11) is 0. The summed E-state index contributed by atoms with van der Waals surface area (Å²) in [6.07, 6.45) is 3.76. The van der Waals surface area contributed by atoms with E-state index in [1.165, 1.54) is 11.1 Å². The van der Waals surface area contributed by atoms with E-state index in [1.54, 1.807) is 0 Å². The van der Waals surface area contributed by atoms with Crippen molar-refractivity contribution in [2.75, 3.05) is 13.2 Å². The lowest BCUT2D eigenvalue weighted by Gasteiger charge is -2.19. The summed E-state index contributed by atoms with van der Waals surface area (Å²) in [6, 6.07) is 10.9. The maximum absolute atomic E-state index is 5.59. The normalized spacial score (nSPS) is 14.6. The molecular formula is C17H19BrN2O. The largest absolute Gasteiger partial charge is 0.493 e. The second kappa shape index (κ2) is 6.58. The van der Waals surface area contributed by atoms with E-state index in [0.29, 0.717) is 0 Å². The fourth-order valence-corrected chi connectivity index (χ4v) is 2.95. The van der Waals surface area contributed by atoms with Crippen molar-refractivity contribution in [3.8, 4) is 5.75 Å². The SMILES string of the molecule is CCNC(Cc1ccc(Br)cn1)c1ccc2c(c1)CCO2.